The number of ketones is 1. The highest BCUT2D eigenvalue weighted by Gasteiger charge is 2.32. The highest BCUT2D eigenvalue weighted by atomic mass is 16.6. The maximum absolute atomic E-state index is 11.7. The fraction of sp³-hybridized carbons (Fsp3) is 0.556. The van der Waals surface area contributed by atoms with Gasteiger partial charge in [-0.05, 0) is 30.4 Å². The summed E-state index contributed by atoms with van der Waals surface area (Å²) in [4.78, 5) is 28.0. The van der Waals surface area contributed by atoms with E-state index in [-0.39, 0.29) is 30.7 Å². The van der Waals surface area contributed by atoms with Gasteiger partial charge in [-0.2, -0.15) is 0 Å². The van der Waals surface area contributed by atoms with Crippen LogP contribution in [0.25, 0.3) is 0 Å². The number of esters is 1. The molecule has 0 unspecified atom stereocenters. The van der Waals surface area contributed by atoms with E-state index in [1.54, 1.807) is 6.08 Å². The van der Waals surface area contributed by atoms with Crippen LogP contribution in [0.3, 0.4) is 0 Å². The highest BCUT2D eigenvalue weighted by Crippen LogP contribution is 2.42. The molecular formula is C18H25NO4. The van der Waals surface area contributed by atoms with E-state index in [0.717, 1.165) is 18.5 Å². The fourth-order valence-electron chi connectivity index (χ4n) is 2.86. The lowest BCUT2D eigenvalue weighted by atomic mass is 9.94. The van der Waals surface area contributed by atoms with Crippen molar-refractivity contribution in [2.45, 2.75) is 33.1 Å². The van der Waals surface area contributed by atoms with Crippen LogP contribution in [0.15, 0.2) is 35.6 Å². The Morgan fingerprint density at radius 3 is 2.91 bits per heavy atom. The zero-order valence-corrected chi connectivity index (χ0v) is 14.0. The summed E-state index contributed by atoms with van der Waals surface area (Å²) in [6.45, 7) is 4.09. The number of ether oxygens (including phenoxy) is 1. The average molecular weight is 319 g/mol. The standard InChI is InChI=1S/C18H25NO4/c1-12(2)17(20)7-6-13-4-5-14-10-15(11-16(13)14)19-23-9-8-18(21)22-3/h4,6-7,11-12,14,16,19H,5,8-10H2,1-3H3/t14-,16+/m1/s1. The van der Waals surface area contributed by atoms with Gasteiger partial charge in [0.15, 0.2) is 5.78 Å². The minimum atomic E-state index is -0.283. The molecule has 0 bridgehead atoms. The van der Waals surface area contributed by atoms with Crippen LogP contribution in [0.5, 0.6) is 0 Å². The van der Waals surface area contributed by atoms with Gasteiger partial charge in [0, 0.05) is 17.5 Å². The first-order chi connectivity index (χ1) is 11.0. The molecule has 2 rings (SSSR count). The number of nitrogens with one attached hydrogen (secondary N) is 1. The monoisotopic (exact) mass is 319 g/mol. The second-order valence-electron chi connectivity index (χ2n) is 6.29. The second-order valence-corrected chi connectivity index (χ2v) is 6.29. The van der Waals surface area contributed by atoms with Gasteiger partial charge in [0.2, 0.25) is 0 Å². The number of rotatable bonds is 8. The molecule has 0 saturated carbocycles. The van der Waals surface area contributed by atoms with Crippen LogP contribution in [0.1, 0.15) is 33.1 Å². The second kappa shape index (κ2) is 8.11. The molecule has 5 nitrogen and oxygen atoms in total. The Kier molecular flexibility index (Phi) is 6.16. The highest BCUT2D eigenvalue weighted by molar-refractivity contribution is 5.91. The van der Waals surface area contributed by atoms with Crippen molar-refractivity contribution in [1.29, 1.82) is 0 Å². The predicted molar refractivity (Wildman–Crippen MR) is 87.1 cm³/mol. The summed E-state index contributed by atoms with van der Waals surface area (Å²) >= 11 is 0. The molecule has 0 saturated heterocycles. The molecule has 2 aliphatic rings. The maximum Gasteiger partial charge on any atom is 0.307 e. The number of hydrogen-bond donors (Lipinski definition) is 1. The Bertz CT molecular complexity index is 545. The predicted octanol–water partition coefficient (Wildman–Crippen LogP) is 2.70. The zero-order chi connectivity index (χ0) is 16.8. The summed E-state index contributed by atoms with van der Waals surface area (Å²) in [5.74, 6) is 0.784. The van der Waals surface area contributed by atoms with E-state index >= 15 is 0 Å². The Balaban J connectivity index is 1.82. The summed E-state index contributed by atoms with van der Waals surface area (Å²) in [6.07, 6.45) is 10.2. The molecular weight excluding hydrogens is 294 g/mol. The third-order valence-electron chi connectivity index (χ3n) is 4.26. The van der Waals surface area contributed by atoms with Crippen molar-refractivity contribution < 1.29 is 19.2 Å². The minimum Gasteiger partial charge on any atom is -0.469 e. The molecule has 0 amide bonds. The van der Waals surface area contributed by atoms with Gasteiger partial charge in [-0.15, -0.1) is 0 Å². The quantitative estimate of drug-likeness (QED) is 0.322. The lowest BCUT2D eigenvalue weighted by Crippen LogP contribution is -2.16. The number of allylic oxidation sites excluding steroid dienone is 6. The number of hydrogen-bond acceptors (Lipinski definition) is 5. The number of hydroxylamine groups is 1. The van der Waals surface area contributed by atoms with Crippen LogP contribution in [0, 0.1) is 17.8 Å². The van der Waals surface area contributed by atoms with Gasteiger partial charge in [-0.3, -0.25) is 19.9 Å². The van der Waals surface area contributed by atoms with Gasteiger partial charge in [0.25, 0.3) is 0 Å². The van der Waals surface area contributed by atoms with E-state index in [1.807, 2.05) is 19.9 Å². The van der Waals surface area contributed by atoms with Crippen molar-refractivity contribution in [2.24, 2.45) is 17.8 Å². The lowest BCUT2D eigenvalue weighted by Gasteiger charge is -2.10. The summed E-state index contributed by atoms with van der Waals surface area (Å²) in [7, 11) is 1.36. The van der Waals surface area contributed by atoms with Crippen LogP contribution in [-0.4, -0.2) is 25.5 Å². The topological polar surface area (TPSA) is 64.6 Å². The number of methoxy groups -OCH3 is 1. The molecule has 0 spiro atoms. The summed E-state index contributed by atoms with van der Waals surface area (Å²) in [6, 6.07) is 0. The normalized spacial score (nSPS) is 23.0. The summed E-state index contributed by atoms with van der Waals surface area (Å²) in [5, 5.41) is 0. The van der Waals surface area contributed by atoms with E-state index < -0.39 is 0 Å². The van der Waals surface area contributed by atoms with Crippen molar-refractivity contribution >= 4 is 11.8 Å². The zero-order valence-electron chi connectivity index (χ0n) is 14.0. The van der Waals surface area contributed by atoms with Crippen molar-refractivity contribution in [3.05, 3.63) is 35.6 Å². The SMILES string of the molecule is COC(=O)CCONC1=C[C@H]2C(C=CC(=O)C(C)C)=CC[C@@H]2C1. The molecule has 0 radical (unpaired) electrons. The van der Waals surface area contributed by atoms with Gasteiger partial charge >= 0.3 is 5.97 Å². The summed E-state index contributed by atoms with van der Waals surface area (Å²) in [5.41, 5.74) is 5.17. The first-order valence-corrected chi connectivity index (χ1v) is 8.08. The van der Waals surface area contributed by atoms with Gasteiger partial charge in [0.1, 0.15) is 0 Å². The maximum atomic E-state index is 11.7. The molecule has 5 heteroatoms. The largest absolute Gasteiger partial charge is 0.469 e. The first kappa shape index (κ1) is 17.5. The molecule has 2 atom stereocenters. The van der Waals surface area contributed by atoms with Crippen LogP contribution in [-0.2, 0) is 19.2 Å². The Morgan fingerprint density at radius 2 is 2.22 bits per heavy atom. The number of carbonyl (C=O) groups is 2. The van der Waals surface area contributed by atoms with E-state index in [9.17, 15) is 9.59 Å². The van der Waals surface area contributed by atoms with Gasteiger partial charge in [-0.25, -0.2) is 0 Å². The molecule has 2 aliphatic carbocycles. The molecule has 0 fully saturated rings. The van der Waals surface area contributed by atoms with Crippen molar-refractivity contribution in [2.75, 3.05) is 13.7 Å². The van der Waals surface area contributed by atoms with Crippen molar-refractivity contribution in [3.63, 3.8) is 0 Å². The van der Waals surface area contributed by atoms with E-state index in [1.165, 1.54) is 12.7 Å². The molecule has 23 heavy (non-hydrogen) atoms. The van der Waals surface area contributed by atoms with Gasteiger partial charge < -0.3 is 4.74 Å². The van der Waals surface area contributed by atoms with Crippen molar-refractivity contribution in [1.82, 2.24) is 5.48 Å². The Labute approximate surface area is 137 Å². The third-order valence-corrected chi connectivity index (χ3v) is 4.26. The molecule has 0 heterocycles. The van der Waals surface area contributed by atoms with Crippen LogP contribution in [0.4, 0.5) is 0 Å². The fourth-order valence-corrected chi connectivity index (χ4v) is 2.86. The molecule has 0 aromatic rings. The van der Waals surface area contributed by atoms with E-state index in [0.29, 0.717) is 11.8 Å². The number of fused-ring (bicyclic) bond motifs is 1. The summed E-state index contributed by atoms with van der Waals surface area (Å²) < 4.78 is 4.56. The first-order valence-electron chi connectivity index (χ1n) is 8.08. The molecule has 0 aromatic heterocycles. The molecule has 0 aromatic carbocycles. The third kappa shape index (κ3) is 4.79. The Morgan fingerprint density at radius 1 is 1.43 bits per heavy atom. The smallest absolute Gasteiger partial charge is 0.307 e. The van der Waals surface area contributed by atoms with Crippen LogP contribution < -0.4 is 5.48 Å². The molecule has 1 N–H and O–H groups in total. The van der Waals surface area contributed by atoms with Crippen LogP contribution >= 0.6 is 0 Å². The average Bonchev–Trinajstić information content (AvgIpc) is 3.09. The Hall–Kier alpha value is -1.88. The van der Waals surface area contributed by atoms with Crippen molar-refractivity contribution in [3.8, 4) is 0 Å². The van der Waals surface area contributed by atoms with Crippen LogP contribution in [0.2, 0.25) is 0 Å². The van der Waals surface area contributed by atoms with E-state index in [4.69, 9.17) is 4.84 Å². The van der Waals surface area contributed by atoms with Gasteiger partial charge in [-0.1, -0.05) is 32.1 Å². The minimum absolute atomic E-state index is 0.0311. The lowest BCUT2D eigenvalue weighted by molar-refractivity contribution is -0.142. The van der Waals surface area contributed by atoms with E-state index in [2.05, 4.69) is 22.4 Å². The molecule has 126 valence electrons. The van der Waals surface area contributed by atoms with Gasteiger partial charge in [0.05, 0.1) is 20.1 Å². The molecule has 0 aliphatic heterocycles. The number of carbonyl (C=O) groups excluding carboxylic acids is 2.